The summed E-state index contributed by atoms with van der Waals surface area (Å²) in [6.45, 7) is 0. The van der Waals surface area contributed by atoms with Gasteiger partial charge in [-0.05, 0) is 30.1 Å². The number of ketones is 1. The van der Waals surface area contributed by atoms with E-state index < -0.39 is 0 Å². The first-order valence-electron chi connectivity index (χ1n) is 4.93. The Morgan fingerprint density at radius 1 is 1.33 bits per heavy atom. The molecule has 0 aromatic rings. The van der Waals surface area contributed by atoms with Crippen LogP contribution in [0.15, 0.2) is 0 Å². The van der Waals surface area contributed by atoms with Crippen LogP contribution in [0.2, 0.25) is 0 Å². The Morgan fingerprint density at radius 3 is 2.92 bits per heavy atom. The van der Waals surface area contributed by atoms with Crippen LogP contribution in [0.25, 0.3) is 0 Å². The second-order valence-electron chi connectivity index (χ2n) is 3.59. The van der Waals surface area contributed by atoms with E-state index in [9.17, 15) is 4.79 Å². The number of hydrogen-bond donors (Lipinski definition) is 0. The van der Waals surface area contributed by atoms with Crippen LogP contribution in [0.4, 0.5) is 0 Å². The van der Waals surface area contributed by atoms with Gasteiger partial charge < -0.3 is 0 Å². The van der Waals surface area contributed by atoms with Crippen LogP contribution in [0.3, 0.4) is 0 Å². The molecule has 0 N–H and O–H groups in total. The van der Waals surface area contributed by atoms with Gasteiger partial charge in [-0.1, -0.05) is 35.4 Å². The van der Waals surface area contributed by atoms with Crippen molar-refractivity contribution in [1.29, 1.82) is 0 Å². The van der Waals surface area contributed by atoms with Crippen LogP contribution in [0.1, 0.15) is 44.9 Å². The molecule has 1 fully saturated rings. The molecule has 0 saturated heterocycles. The molecule has 0 bridgehead atoms. The maximum atomic E-state index is 11.5. The third kappa shape index (κ3) is 3.42. The Hall–Kier alpha value is 0.400. The van der Waals surface area contributed by atoms with E-state index in [0.29, 0.717) is 11.7 Å². The highest BCUT2D eigenvalue weighted by Gasteiger charge is 2.19. The van der Waals surface area contributed by atoms with E-state index in [1.807, 2.05) is 0 Å². The van der Waals surface area contributed by atoms with Gasteiger partial charge in [0.15, 0.2) is 0 Å². The predicted molar refractivity (Wildman–Crippen MR) is 59.7 cm³/mol. The molecule has 0 spiro atoms. The van der Waals surface area contributed by atoms with Gasteiger partial charge in [0.25, 0.3) is 0 Å². The smallest absolute Gasteiger partial charge is 0.135 e. The Bertz CT molecular complexity index is 145. The summed E-state index contributed by atoms with van der Waals surface area (Å²) >= 11 is 2.39. The molecule has 2 heteroatoms. The summed E-state index contributed by atoms with van der Waals surface area (Å²) in [6.07, 6.45) is 8.06. The molecule has 1 rings (SSSR count). The molecule has 0 radical (unpaired) electrons. The summed E-state index contributed by atoms with van der Waals surface area (Å²) in [4.78, 5) is 11.5. The summed E-state index contributed by atoms with van der Waals surface area (Å²) in [5, 5.41) is 0. The minimum Gasteiger partial charge on any atom is -0.299 e. The standard InChI is InChI=1S/C10H17IO/c11-8-4-6-9-5-2-1-3-7-10(9)12/h9H,1-8H2. The number of rotatable bonds is 3. The van der Waals surface area contributed by atoms with Gasteiger partial charge >= 0.3 is 0 Å². The lowest BCUT2D eigenvalue weighted by molar-refractivity contribution is -0.122. The molecule has 0 amide bonds. The first-order valence-corrected chi connectivity index (χ1v) is 6.46. The molecular weight excluding hydrogens is 263 g/mol. The quantitative estimate of drug-likeness (QED) is 0.440. The molecule has 1 aliphatic rings. The summed E-state index contributed by atoms with van der Waals surface area (Å²) in [5.41, 5.74) is 0. The highest BCUT2D eigenvalue weighted by atomic mass is 127. The zero-order valence-electron chi connectivity index (χ0n) is 7.52. The zero-order valence-corrected chi connectivity index (χ0v) is 9.68. The summed E-state index contributed by atoms with van der Waals surface area (Å²) in [6, 6.07) is 0. The van der Waals surface area contributed by atoms with Crippen molar-refractivity contribution in [1.82, 2.24) is 0 Å². The van der Waals surface area contributed by atoms with Gasteiger partial charge in [0, 0.05) is 12.3 Å². The fourth-order valence-electron chi connectivity index (χ4n) is 1.86. The van der Waals surface area contributed by atoms with Crippen LogP contribution < -0.4 is 0 Å². The van der Waals surface area contributed by atoms with Crippen LogP contribution >= 0.6 is 22.6 Å². The van der Waals surface area contributed by atoms with Crippen LogP contribution in [-0.2, 0) is 4.79 Å². The fourth-order valence-corrected chi connectivity index (χ4v) is 2.30. The third-order valence-electron chi connectivity index (χ3n) is 2.62. The monoisotopic (exact) mass is 280 g/mol. The van der Waals surface area contributed by atoms with Crippen molar-refractivity contribution in [2.45, 2.75) is 44.9 Å². The second kappa shape index (κ2) is 5.95. The largest absolute Gasteiger partial charge is 0.299 e. The minimum atomic E-state index is 0.419. The lowest BCUT2D eigenvalue weighted by atomic mass is 9.94. The molecule has 1 nitrogen and oxygen atoms in total. The molecule has 1 saturated carbocycles. The minimum absolute atomic E-state index is 0.419. The first-order chi connectivity index (χ1) is 5.84. The van der Waals surface area contributed by atoms with Gasteiger partial charge in [-0.15, -0.1) is 0 Å². The maximum Gasteiger partial charge on any atom is 0.135 e. The van der Waals surface area contributed by atoms with Gasteiger partial charge in [-0.3, -0.25) is 4.79 Å². The van der Waals surface area contributed by atoms with Crippen molar-refractivity contribution >= 4 is 28.4 Å². The highest BCUT2D eigenvalue weighted by molar-refractivity contribution is 14.1. The van der Waals surface area contributed by atoms with E-state index in [-0.39, 0.29) is 0 Å². The SMILES string of the molecule is O=C1CCCCCC1CCCI. The Balaban J connectivity index is 2.31. The fraction of sp³-hybridized carbons (Fsp3) is 0.900. The number of hydrogen-bond acceptors (Lipinski definition) is 1. The van der Waals surface area contributed by atoms with Crippen LogP contribution in [0, 0.1) is 5.92 Å². The summed E-state index contributed by atoms with van der Waals surface area (Å²) in [7, 11) is 0. The van der Waals surface area contributed by atoms with Crippen LogP contribution in [-0.4, -0.2) is 10.2 Å². The second-order valence-corrected chi connectivity index (χ2v) is 4.67. The first kappa shape index (κ1) is 10.5. The van der Waals surface area contributed by atoms with E-state index >= 15 is 0 Å². The van der Waals surface area contributed by atoms with Gasteiger partial charge in [-0.25, -0.2) is 0 Å². The Morgan fingerprint density at radius 2 is 2.17 bits per heavy atom. The van der Waals surface area contributed by atoms with Crippen molar-refractivity contribution in [3.63, 3.8) is 0 Å². The van der Waals surface area contributed by atoms with Gasteiger partial charge in [0.1, 0.15) is 5.78 Å². The number of halogens is 1. The Kier molecular flexibility index (Phi) is 5.19. The van der Waals surface area contributed by atoms with Gasteiger partial charge in [-0.2, -0.15) is 0 Å². The van der Waals surface area contributed by atoms with E-state index in [1.54, 1.807) is 0 Å². The summed E-state index contributed by atoms with van der Waals surface area (Å²) < 4.78 is 1.20. The van der Waals surface area contributed by atoms with E-state index in [0.717, 1.165) is 25.7 Å². The van der Waals surface area contributed by atoms with E-state index in [2.05, 4.69) is 22.6 Å². The molecule has 1 unspecified atom stereocenters. The number of carbonyl (C=O) groups excluding carboxylic acids is 1. The van der Waals surface area contributed by atoms with Crippen molar-refractivity contribution in [3.8, 4) is 0 Å². The molecule has 0 aromatic heterocycles. The lowest BCUT2D eigenvalue weighted by Gasteiger charge is -2.10. The van der Waals surface area contributed by atoms with Crippen molar-refractivity contribution < 1.29 is 4.79 Å². The number of alkyl halides is 1. The molecule has 70 valence electrons. The molecule has 0 aromatic carbocycles. The molecule has 1 atom stereocenters. The lowest BCUT2D eigenvalue weighted by Crippen LogP contribution is -2.12. The molecule has 12 heavy (non-hydrogen) atoms. The molecule has 0 heterocycles. The number of Topliss-reactive ketones (excluding diaryl/α,β-unsaturated/α-hetero) is 1. The van der Waals surface area contributed by atoms with Gasteiger partial charge in [0.05, 0.1) is 0 Å². The van der Waals surface area contributed by atoms with Crippen molar-refractivity contribution in [2.75, 3.05) is 4.43 Å². The summed E-state index contributed by atoms with van der Waals surface area (Å²) in [5.74, 6) is 0.958. The average Bonchev–Trinajstić information content (AvgIpc) is 2.27. The van der Waals surface area contributed by atoms with Gasteiger partial charge in [0.2, 0.25) is 0 Å². The third-order valence-corrected chi connectivity index (χ3v) is 3.38. The maximum absolute atomic E-state index is 11.5. The van der Waals surface area contributed by atoms with Crippen molar-refractivity contribution in [3.05, 3.63) is 0 Å². The van der Waals surface area contributed by atoms with Crippen LogP contribution in [0.5, 0.6) is 0 Å². The van der Waals surface area contributed by atoms with Crippen molar-refractivity contribution in [2.24, 2.45) is 5.92 Å². The van der Waals surface area contributed by atoms with E-state index in [1.165, 1.54) is 23.7 Å². The molecule has 1 aliphatic carbocycles. The zero-order chi connectivity index (χ0) is 8.81. The Labute approximate surface area is 88.4 Å². The molecular formula is C10H17IO. The van der Waals surface area contributed by atoms with E-state index in [4.69, 9.17) is 0 Å². The normalized spacial score (nSPS) is 25.4. The highest BCUT2D eigenvalue weighted by Crippen LogP contribution is 2.23. The average molecular weight is 280 g/mol. The topological polar surface area (TPSA) is 17.1 Å². The molecule has 0 aliphatic heterocycles. The predicted octanol–water partition coefficient (Wildman–Crippen LogP) is 3.35. The number of carbonyl (C=O) groups is 1.